The number of rotatable bonds is 4. The van der Waals surface area contributed by atoms with E-state index in [-0.39, 0.29) is 0 Å². The second-order valence-electron chi connectivity index (χ2n) is 5.24. The monoisotopic (exact) mass is 276 g/mol. The summed E-state index contributed by atoms with van der Waals surface area (Å²) in [6.07, 6.45) is 0. The molecule has 1 aliphatic heterocycles. The molecule has 1 aromatic heterocycles. The molecule has 3 N–H and O–H groups in total. The van der Waals surface area contributed by atoms with Crippen molar-refractivity contribution in [2.75, 3.05) is 57.4 Å². The lowest BCUT2D eigenvalue weighted by molar-refractivity contribution is 0.158. The molecule has 1 fully saturated rings. The van der Waals surface area contributed by atoms with Crippen LogP contribution in [0.2, 0.25) is 0 Å². The average molecular weight is 276 g/mol. The molecule has 0 spiro atoms. The smallest absolute Gasteiger partial charge is 0.160 e. The number of nitrogens with two attached hydrogens (primary N) is 1. The minimum Gasteiger partial charge on any atom is -0.397 e. The number of nitrogens with zero attached hydrogens (tertiary/aromatic N) is 4. The minimum atomic E-state index is 0.589. The normalized spacial score (nSPS) is 17.6. The Morgan fingerprint density at radius 1 is 1.20 bits per heavy atom. The molecule has 7 heteroatoms. The van der Waals surface area contributed by atoms with Gasteiger partial charge in [-0.15, -0.1) is 0 Å². The molecule has 3 rings (SSSR count). The summed E-state index contributed by atoms with van der Waals surface area (Å²) < 4.78 is 4.76. The van der Waals surface area contributed by atoms with Crippen LogP contribution in [0.1, 0.15) is 0 Å². The van der Waals surface area contributed by atoms with Crippen LogP contribution in [-0.2, 0) is 0 Å². The van der Waals surface area contributed by atoms with Crippen LogP contribution in [0.4, 0.5) is 11.4 Å². The maximum Gasteiger partial charge on any atom is 0.160 e. The van der Waals surface area contributed by atoms with Crippen molar-refractivity contribution in [3.05, 3.63) is 12.1 Å². The van der Waals surface area contributed by atoms with Gasteiger partial charge in [-0.1, -0.05) is 0 Å². The zero-order valence-electron chi connectivity index (χ0n) is 11.7. The van der Waals surface area contributed by atoms with Gasteiger partial charge in [0, 0.05) is 39.3 Å². The van der Waals surface area contributed by atoms with Gasteiger partial charge in [0.2, 0.25) is 0 Å². The summed E-state index contributed by atoms with van der Waals surface area (Å²) >= 11 is 0. The first kappa shape index (κ1) is 13.1. The Kier molecular flexibility index (Phi) is 3.70. The predicted molar refractivity (Wildman–Crippen MR) is 78.6 cm³/mol. The fraction of sp³-hybridized carbons (Fsp3) is 0.538. The van der Waals surface area contributed by atoms with Crippen LogP contribution in [0, 0.1) is 0 Å². The Morgan fingerprint density at radius 3 is 2.75 bits per heavy atom. The summed E-state index contributed by atoms with van der Waals surface area (Å²) in [6.45, 7) is 6.42. The number of benzene rings is 1. The first-order chi connectivity index (χ1) is 9.74. The van der Waals surface area contributed by atoms with Crippen LogP contribution in [-0.4, -0.2) is 66.4 Å². The number of fused-ring (bicyclic) bond motifs is 1. The summed E-state index contributed by atoms with van der Waals surface area (Å²) in [7, 11) is 2.16. The van der Waals surface area contributed by atoms with Crippen LogP contribution in [0.15, 0.2) is 16.8 Å². The van der Waals surface area contributed by atoms with Crippen LogP contribution >= 0.6 is 0 Å². The van der Waals surface area contributed by atoms with E-state index in [9.17, 15) is 0 Å². The molecule has 1 aliphatic rings. The number of piperazine rings is 1. The molecule has 108 valence electrons. The first-order valence-corrected chi connectivity index (χ1v) is 6.89. The molecule has 0 radical (unpaired) electrons. The predicted octanol–water partition coefficient (Wildman–Crippen LogP) is 0.464. The maximum atomic E-state index is 5.82. The number of aromatic nitrogens is 2. The third kappa shape index (κ3) is 2.68. The second-order valence-corrected chi connectivity index (χ2v) is 5.24. The van der Waals surface area contributed by atoms with Gasteiger partial charge in [-0.25, -0.2) is 4.63 Å². The van der Waals surface area contributed by atoms with E-state index < -0.39 is 0 Å². The summed E-state index contributed by atoms with van der Waals surface area (Å²) in [5.41, 5.74) is 8.65. The van der Waals surface area contributed by atoms with E-state index in [1.807, 2.05) is 12.1 Å². The largest absolute Gasteiger partial charge is 0.397 e. The van der Waals surface area contributed by atoms with Gasteiger partial charge in [0.15, 0.2) is 11.0 Å². The molecular formula is C13H20N6O. The molecule has 0 amide bonds. The summed E-state index contributed by atoms with van der Waals surface area (Å²) in [5, 5.41) is 11.1. The molecule has 7 nitrogen and oxygen atoms in total. The molecule has 0 atom stereocenters. The third-order valence-electron chi connectivity index (χ3n) is 3.79. The minimum absolute atomic E-state index is 0.589. The zero-order valence-corrected chi connectivity index (χ0v) is 11.7. The molecule has 0 unspecified atom stereocenters. The van der Waals surface area contributed by atoms with Gasteiger partial charge in [-0.2, -0.15) is 0 Å². The van der Waals surface area contributed by atoms with Crippen LogP contribution in [0.25, 0.3) is 11.0 Å². The number of anilines is 2. The quantitative estimate of drug-likeness (QED) is 0.785. The highest BCUT2D eigenvalue weighted by molar-refractivity contribution is 5.94. The summed E-state index contributed by atoms with van der Waals surface area (Å²) in [6, 6.07) is 3.75. The Morgan fingerprint density at radius 2 is 1.95 bits per heavy atom. The zero-order chi connectivity index (χ0) is 13.9. The number of nitrogens with one attached hydrogen (secondary N) is 1. The third-order valence-corrected chi connectivity index (χ3v) is 3.79. The van der Waals surface area contributed by atoms with E-state index in [1.54, 1.807) is 0 Å². The molecule has 2 heterocycles. The first-order valence-electron chi connectivity index (χ1n) is 6.89. The van der Waals surface area contributed by atoms with Crippen molar-refractivity contribution >= 4 is 22.4 Å². The molecule has 0 bridgehead atoms. The fourth-order valence-electron chi connectivity index (χ4n) is 2.45. The maximum absolute atomic E-state index is 5.82. The van der Waals surface area contributed by atoms with Crippen molar-refractivity contribution in [2.24, 2.45) is 0 Å². The Bertz CT molecular complexity index is 575. The van der Waals surface area contributed by atoms with Crippen LogP contribution in [0.3, 0.4) is 0 Å². The van der Waals surface area contributed by atoms with E-state index in [0.717, 1.165) is 45.0 Å². The van der Waals surface area contributed by atoms with Gasteiger partial charge in [0.05, 0.1) is 11.4 Å². The molecule has 20 heavy (non-hydrogen) atoms. The standard InChI is InChI=1S/C13H20N6O/c1-18-6-8-19(9-7-18)5-4-15-11-3-2-10(14)12-13(11)17-20-16-12/h2-3,15H,4-9,14H2,1H3. The highest BCUT2D eigenvalue weighted by Crippen LogP contribution is 2.24. The van der Waals surface area contributed by atoms with Crippen molar-refractivity contribution in [3.8, 4) is 0 Å². The molecule has 0 aliphatic carbocycles. The van der Waals surface area contributed by atoms with Gasteiger partial charge >= 0.3 is 0 Å². The molecule has 1 aromatic carbocycles. The van der Waals surface area contributed by atoms with E-state index in [2.05, 4.69) is 32.5 Å². The average Bonchev–Trinajstić information content (AvgIpc) is 2.94. The van der Waals surface area contributed by atoms with Crippen molar-refractivity contribution < 1.29 is 4.63 Å². The van der Waals surface area contributed by atoms with E-state index >= 15 is 0 Å². The summed E-state index contributed by atoms with van der Waals surface area (Å²) in [5.74, 6) is 0. The SMILES string of the molecule is CN1CCN(CCNc2ccc(N)c3nonc23)CC1. The van der Waals surface area contributed by atoms with Gasteiger partial charge in [-0.05, 0) is 29.5 Å². The highest BCUT2D eigenvalue weighted by Gasteiger charge is 2.14. The molecule has 0 saturated carbocycles. The van der Waals surface area contributed by atoms with E-state index in [1.165, 1.54) is 0 Å². The van der Waals surface area contributed by atoms with E-state index in [0.29, 0.717) is 16.7 Å². The Labute approximate surface area is 117 Å². The molecule has 2 aromatic rings. The lowest BCUT2D eigenvalue weighted by atomic mass is 10.2. The fourth-order valence-corrected chi connectivity index (χ4v) is 2.45. The Hall–Kier alpha value is -1.86. The van der Waals surface area contributed by atoms with Gasteiger partial charge in [0.25, 0.3) is 0 Å². The van der Waals surface area contributed by atoms with Crippen LogP contribution < -0.4 is 11.1 Å². The summed E-state index contributed by atoms with van der Waals surface area (Å²) in [4.78, 5) is 4.82. The van der Waals surface area contributed by atoms with Gasteiger partial charge in [-0.3, -0.25) is 4.90 Å². The number of likely N-dealkylation sites (N-methyl/N-ethyl adjacent to an activating group) is 1. The van der Waals surface area contributed by atoms with Crippen molar-refractivity contribution in [3.63, 3.8) is 0 Å². The number of hydrogen-bond donors (Lipinski definition) is 2. The Balaban J connectivity index is 1.57. The van der Waals surface area contributed by atoms with Gasteiger partial charge < -0.3 is 16.0 Å². The molecule has 1 saturated heterocycles. The second kappa shape index (κ2) is 5.64. The number of hydrogen-bond acceptors (Lipinski definition) is 7. The van der Waals surface area contributed by atoms with E-state index in [4.69, 9.17) is 10.4 Å². The lowest BCUT2D eigenvalue weighted by Crippen LogP contribution is -2.45. The topological polar surface area (TPSA) is 83.5 Å². The molecular weight excluding hydrogens is 256 g/mol. The lowest BCUT2D eigenvalue weighted by Gasteiger charge is -2.32. The van der Waals surface area contributed by atoms with Gasteiger partial charge in [0.1, 0.15) is 0 Å². The van der Waals surface area contributed by atoms with Crippen LogP contribution in [0.5, 0.6) is 0 Å². The number of nitrogen functional groups attached to an aromatic ring is 1. The highest BCUT2D eigenvalue weighted by atomic mass is 16.6. The van der Waals surface area contributed by atoms with Crippen molar-refractivity contribution in [2.45, 2.75) is 0 Å². The van der Waals surface area contributed by atoms with Crippen molar-refractivity contribution in [1.82, 2.24) is 20.1 Å². The van der Waals surface area contributed by atoms with Crippen molar-refractivity contribution in [1.29, 1.82) is 0 Å².